The lowest BCUT2D eigenvalue weighted by molar-refractivity contribution is 0.504. The molecule has 20 heavy (non-hydrogen) atoms. The minimum absolute atomic E-state index is 0.232. The van der Waals surface area contributed by atoms with Gasteiger partial charge >= 0.3 is 0 Å². The Bertz CT molecular complexity index is 577. The van der Waals surface area contributed by atoms with E-state index >= 15 is 0 Å². The molecule has 0 radical (unpaired) electrons. The van der Waals surface area contributed by atoms with Crippen molar-refractivity contribution >= 4 is 27.3 Å². The van der Waals surface area contributed by atoms with Gasteiger partial charge < -0.3 is 9.88 Å². The summed E-state index contributed by atoms with van der Waals surface area (Å²) in [5, 5.41) is 12.3. The molecule has 2 aromatic heterocycles. The van der Waals surface area contributed by atoms with Gasteiger partial charge in [-0.05, 0) is 47.8 Å². The molecule has 3 rings (SSSR count). The van der Waals surface area contributed by atoms with Crippen LogP contribution in [-0.2, 0) is 19.5 Å². The van der Waals surface area contributed by atoms with Crippen molar-refractivity contribution in [3.8, 4) is 0 Å². The highest BCUT2D eigenvalue weighted by atomic mass is 79.9. The molecule has 0 aliphatic carbocycles. The van der Waals surface area contributed by atoms with E-state index in [-0.39, 0.29) is 6.04 Å². The number of aromatic nitrogens is 3. The zero-order chi connectivity index (χ0) is 13.9. The van der Waals surface area contributed by atoms with E-state index in [9.17, 15) is 0 Å². The Labute approximate surface area is 131 Å². The average Bonchev–Trinajstić information content (AvgIpc) is 2.96. The Hall–Kier alpha value is -0.720. The third-order valence-corrected chi connectivity index (χ3v) is 5.36. The highest BCUT2D eigenvalue weighted by molar-refractivity contribution is 9.11. The van der Waals surface area contributed by atoms with E-state index in [0.717, 1.165) is 31.2 Å². The number of rotatable bonds is 4. The topological polar surface area (TPSA) is 42.7 Å². The van der Waals surface area contributed by atoms with Crippen molar-refractivity contribution in [3.05, 3.63) is 32.4 Å². The number of nitrogens with one attached hydrogen (secondary N) is 1. The second kappa shape index (κ2) is 6.37. The van der Waals surface area contributed by atoms with Gasteiger partial charge in [-0.25, -0.2) is 0 Å². The summed E-state index contributed by atoms with van der Waals surface area (Å²) in [5.41, 5.74) is 0. The van der Waals surface area contributed by atoms with Crippen LogP contribution in [0.1, 0.15) is 48.8 Å². The highest BCUT2D eigenvalue weighted by Crippen LogP contribution is 2.23. The highest BCUT2D eigenvalue weighted by Gasteiger charge is 2.18. The van der Waals surface area contributed by atoms with Crippen molar-refractivity contribution in [3.63, 3.8) is 0 Å². The molecular formula is C14H19BrN4S. The summed E-state index contributed by atoms with van der Waals surface area (Å²) in [5.74, 6) is 2.24. The minimum atomic E-state index is 0.232. The van der Waals surface area contributed by atoms with Crippen molar-refractivity contribution in [2.45, 2.75) is 51.7 Å². The maximum atomic E-state index is 4.40. The van der Waals surface area contributed by atoms with Crippen LogP contribution in [0, 0.1) is 0 Å². The second-order valence-corrected chi connectivity index (χ2v) is 7.79. The SMILES string of the molecule is CC(NCc1ccc(Br)s1)c1nnc2n1CCCCC2. The van der Waals surface area contributed by atoms with Gasteiger partial charge in [0.05, 0.1) is 9.83 Å². The van der Waals surface area contributed by atoms with Crippen molar-refractivity contribution < 1.29 is 0 Å². The fourth-order valence-corrected chi connectivity index (χ4v) is 4.05. The number of hydrogen-bond donors (Lipinski definition) is 1. The molecule has 1 aliphatic rings. The van der Waals surface area contributed by atoms with Gasteiger partial charge in [0.25, 0.3) is 0 Å². The molecule has 0 amide bonds. The fourth-order valence-electron chi connectivity index (χ4n) is 2.62. The van der Waals surface area contributed by atoms with Gasteiger partial charge in [0.15, 0.2) is 0 Å². The van der Waals surface area contributed by atoms with Crippen LogP contribution in [0.15, 0.2) is 15.9 Å². The van der Waals surface area contributed by atoms with Gasteiger partial charge in [-0.2, -0.15) is 0 Å². The predicted octanol–water partition coefficient (Wildman–Crippen LogP) is 3.68. The monoisotopic (exact) mass is 354 g/mol. The standard InChI is InChI=1S/C14H19BrN4S/c1-10(16-9-11-6-7-12(15)20-11)14-18-17-13-5-3-2-4-8-19(13)14/h6-7,10,16H,2-5,8-9H2,1H3. The van der Waals surface area contributed by atoms with E-state index in [1.54, 1.807) is 11.3 Å². The Kier molecular flexibility index (Phi) is 4.53. The summed E-state index contributed by atoms with van der Waals surface area (Å²) in [6.07, 6.45) is 4.84. The number of aryl methyl sites for hydroxylation is 1. The number of thiophene rings is 1. The Morgan fingerprint density at radius 1 is 1.35 bits per heavy atom. The smallest absolute Gasteiger partial charge is 0.149 e. The van der Waals surface area contributed by atoms with Crippen molar-refractivity contribution in [1.29, 1.82) is 0 Å². The van der Waals surface area contributed by atoms with Crippen molar-refractivity contribution in [1.82, 2.24) is 20.1 Å². The molecule has 1 N–H and O–H groups in total. The van der Waals surface area contributed by atoms with Gasteiger partial charge in [-0.15, -0.1) is 21.5 Å². The normalized spacial score (nSPS) is 16.7. The predicted molar refractivity (Wildman–Crippen MR) is 84.9 cm³/mol. The number of nitrogens with zero attached hydrogens (tertiary/aromatic N) is 3. The first-order chi connectivity index (χ1) is 9.74. The van der Waals surface area contributed by atoms with Crippen LogP contribution < -0.4 is 5.32 Å². The molecule has 3 heterocycles. The molecule has 0 bridgehead atoms. The third-order valence-electron chi connectivity index (χ3n) is 3.74. The fraction of sp³-hybridized carbons (Fsp3) is 0.571. The molecule has 1 aliphatic heterocycles. The van der Waals surface area contributed by atoms with Crippen LogP contribution in [-0.4, -0.2) is 14.8 Å². The van der Waals surface area contributed by atoms with Gasteiger partial charge in [0.1, 0.15) is 11.6 Å². The van der Waals surface area contributed by atoms with Crippen LogP contribution >= 0.6 is 27.3 Å². The summed E-state index contributed by atoms with van der Waals surface area (Å²) in [7, 11) is 0. The lowest BCUT2D eigenvalue weighted by atomic mass is 10.2. The molecule has 6 heteroatoms. The van der Waals surface area contributed by atoms with Crippen molar-refractivity contribution in [2.24, 2.45) is 0 Å². The van der Waals surface area contributed by atoms with E-state index in [0.29, 0.717) is 0 Å². The summed E-state index contributed by atoms with van der Waals surface area (Å²) in [6.45, 7) is 4.11. The summed E-state index contributed by atoms with van der Waals surface area (Å²) < 4.78 is 3.49. The maximum absolute atomic E-state index is 4.40. The molecule has 1 atom stereocenters. The molecule has 0 fully saturated rings. The molecule has 108 valence electrons. The van der Waals surface area contributed by atoms with Gasteiger partial charge in [-0.1, -0.05) is 6.42 Å². The zero-order valence-corrected chi connectivity index (χ0v) is 14.0. The first kappa shape index (κ1) is 14.2. The first-order valence-corrected chi connectivity index (χ1v) is 8.74. The lowest BCUT2D eigenvalue weighted by Gasteiger charge is -2.14. The van der Waals surface area contributed by atoms with E-state index < -0.39 is 0 Å². The molecule has 0 saturated heterocycles. The molecule has 0 saturated carbocycles. The molecule has 1 unspecified atom stereocenters. The van der Waals surface area contributed by atoms with Crippen LogP contribution in [0.25, 0.3) is 0 Å². The van der Waals surface area contributed by atoms with Gasteiger partial charge in [0.2, 0.25) is 0 Å². The van der Waals surface area contributed by atoms with Crippen LogP contribution in [0.5, 0.6) is 0 Å². The van der Waals surface area contributed by atoms with Crippen LogP contribution in [0.2, 0.25) is 0 Å². The number of fused-ring (bicyclic) bond motifs is 1. The largest absolute Gasteiger partial charge is 0.314 e. The maximum Gasteiger partial charge on any atom is 0.149 e. The zero-order valence-electron chi connectivity index (χ0n) is 11.6. The number of halogens is 1. The lowest BCUT2D eigenvalue weighted by Crippen LogP contribution is -2.22. The summed E-state index contributed by atoms with van der Waals surface area (Å²) in [6, 6.07) is 4.48. The van der Waals surface area contributed by atoms with Crippen molar-refractivity contribution in [2.75, 3.05) is 0 Å². The summed E-state index contributed by atoms with van der Waals surface area (Å²) >= 11 is 5.27. The van der Waals surface area contributed by atoms with E-state index in [1.807, 2.05) is 0 Å². The van der Waals surface area contributed by atoms with Gasteiger partial charge in [0, 0.05) is 24.4 Å². The van der Waals surface area contributed by atoms with E-state index in [2.05, 4.69) is 55.1 Å². The molecular weight excluding hydrogens is 336 g/mol. The Balaban J connectivity index is 1.68. The van der Waals surface area contributed by atoms with Crippen LogP contribution in [0.3, 0.4) is 0 Å². The molecule has 0 spiro atoms. The Morgan fingerprint density at radius 3 is 3.05 bits per heavy atom. The average molecular weight is 355 g/mol. The van der Waals surface area contributed by atoms with E-state index in [1.165, 1.54) is 27.9 Å². The molecule has 0 aromatic carbocycles. The first-order valence-electron chi connectivity index (χ1n) is 7.13. The summed E-state index contributed by atoms with van der Waals surface area (Å²) in [4.78, 5) is 1.33. The van der Waals surface area contributed by atoms with Gasteiger partial charge in [-0.3, -0.25) is 0 Å². The third kappa shape index (κ3) is 3.13. The Morgan fingerprint density at radius 2 is 2.25 bits per heavy atom. The molecule has 4 nitrogen and oxygen atoms in total. The minimum Gasteiger partial charge on any atom is -0.314 e. The number of hydrogen-bond acceptors (Lipinski definition) is 4. The second-order valence-electron chi connectivity index (χ2n) is 5.25. The van der Waals surface area contributed by atoms with E-state index in [4.69, 9.17) is 0 Å². The quantitative estimate of drug-likeness (QED) is 0.910. The molecule has 2 aromatic rings. The van der Waals surface area contributed by atoms with Crippen LogP contribution in [0.4, 0.5) is 0 Å².